The Morgan fingerprint density at radius 2 is 1.75 bits per heavy atom. The molecule has 24 heavy (non-hydrogen) atoms. The Kier molecular flexibility index (Phi) is 5.13. The zero-order chi connectivity index (χ0) is 18.1. The van der Waals surface area contributed by atoms with E-state index in [1.165, 1.54) is 23.3 Å². The minimum Gasteiger partial charge on any atom is -0.272 e. The van der Waals surface area contributed by atoms with Gasteiger partial charge in [0.1, 0.15) is 0 Å². The molecular formula is C17H19F4N3. The summed E-state index contributed by atoms with van der Waals surface area (Å²) in [5.74, 6) is -0.678. The second-order valence-electron chi connectivity index (χ2n) is 5.14. The van der Waals surface area contributed by atoms with Gasteiger partial charge in [0.2, 0.25) is 5.95 Å². The third kappa shape index (κ3) is 3.08. The molecule has 0 saturated carbocycles. The van der Waals surface area contributed by atoms with Gasteiger partial charge in [0, 0.05) is 7.05 Å². The molecule has 2 aromatic rings. The number of aromatic nitrogens is 1. The van der Waals surface area contributed by atoms with E-state index in [1.54, 1.807) is 18.1 Å². The van der Waals surface area contributed by atoms with Gasteiger partial charge in [-0.15, -0.1) is 0 Å². The second-order valence-corrected chi connectivity index (χ2v) is 5.14. The molecule has 1 aliphatic rings. The standard InChI is InChI=1S/C15H13F4N3.C2H6/c1-9-11-4-3-5-12(15(17,18)19)14(11)22(21(9)2)10-6-7-13(16)20-8-10;1-2/h3-9H,1-2H3;1-2H3. The topological polar surface area (TPSA) is 19.4 Å². The Labute approximate surface area is 138 Å². The number of pyridine rings is 1. The highest BCUT2D eigenvalue weighted by molar-refractivity contribution is 5.72. The minimum absolute atomic E-state index is 0.0680. The number of fused-ring (bicyclic) bond motifs is 1. The highest BCUT2D eigenvalue weighted by atomic mass is 19.4. The van der Waals surface area contributed by atoms with Gasteiger partial charge in [-0.25, -0.2) is 9.99 Å². The Balaban J connectivity index is 0.00000100. The van der Waals surface area contributed by atoms with Gasteiger partial charge in [-0.3, -0.25) is 5.01 Å². The first-order valence-corrected chi connectivity index (χ1v) is 7.65. The average molecular weight is 341 g/mol. The van der Waals surface area contributed by atoms with E-state index >= 15 is 0 Å². The molecule has 7 heteroatoms. The maximum absolute atomic E-state index is 13.3. The summed E-state index contributed by atoms with van der Waals surface area (Å²) < 4.78 is 53.0. The summed E-state index contributed by atoms with van der Waals surface area (Å²) in [5.41, 5.74) is 0.303. The molecule has 3 nitrogen and oxygen atoms in total. The van der Waals surface area contributed by atoms with Crippen LogP contribution in [0.2, 0.25) is 0 Å². The first-order chi connectivity index (χ1) is 11.3. The fraction of sp³-hybridized carbons (Fsp3) is 0.353. The first-order valence-electron chi connectivity index (χ1n) is 7.65. The molecule has 0 bridgehead atoms. The largest absolute Gasteiger partial charge is 0.418 e. The zero-order valence-electron chi connectivity index (χ0n) is 13.9. The van der Waals surface area contributed by atoms with Crippen molar-refractivity contribution >= 4 is 11.4 Å². The van der Waals surface area contributed by atoms with Gasteiger partial charge in [-0.2, -0.15) is 17.6 Å². The number of para-hydroxylation sites is 1. The van der Waals surface area contributed by atoms with Gasteiger partial charge < -0.3 is 0 Å². The number of hydrazine groups is 1. The molecule has 130 valence electrons. The fourth-order valence-electron chi connectivity index (χ4n) is 2.70. The van der Waals surface area contributed by atoms with Crippen LogP contribution in [0.25, 0.3) is 0 Å². The number of halogens is 4. The predicted molar refractivity (Wildman–Crippen MR) is 85.3 cm³/mol. The van der Waals surface area contributed by atoms with E-state index in [4.69, 9.17) is 0 Å². The number of rotatable bonds is 1. The van der Waals surface area contributed by atoms with Crippen LogP contribution in [0.3, 0.4) is 0 Å². The van der Waals surface area contributed by atoms with E-state index in [2.05, 4.69) is 4.98 Å². The van der Waals surface area contributed by atoms with Crippen LogP contribution in [-0.4, -0.2) is 17.0 Å². The van der Waals surface area contributed by atoms with Gasteiger partial charge in [-0.05, 0) is 30.7 Å². The van der Waals surface area contributed by atoms with Crippen molar-refractivity contribution in [1.82, 2.24) is 9.99 Å². The summed E-state index contributed by atoms with van der Waals surface area (Å²) in [6.07, 6.45) is -3.25. The fourth-order valence-corrected chi connectivity index (χ4v) is 2.70. The monoisotopic (exact) mass is 341 g/mol. The highest BCUT2D eigenvalue weighted by Gasteiger charge is 2.42. The van der Waals surface area contributed by atoms with E-state index < -0.39 is 17.7 Å². The maximum atomic E-state index is 13.3. The van der Waals surface area contributed by atoms with Crippen molar-refractivity contribution in [3.05, 3.63) is 53.6 Å². The van der Waals surface area contributed by atoms with E-state index in [9.17, 15) is 17.6 Å². The van der Waals surface area contributed by atoms with Crippen LogP contribution < -0.4 is 5.01 Å². The van der Waals surface area contributed by atoms with Crippen molar-refractivity contribution in [2.75, 3.05) is 12.1 Å². The molecule has 0 aliphatic carbocycles. The van der Waals surface area contributed by atoms with Crippen LogP contribution in [0.5, 0.6) is 0 Å². The van der Waals surface area contributed by atoms with E-state index in [1.807, 2.05) is 20.8 Å². The minimum atomic E-state index is -4.47. The summed E-state index contributed by atoms with van der Waals surface area (Å²) in [4.78, 5) is 3.53. The molecule has 0 radical (unpaired) electrons. The SMILES string of the molecule is CC.CC1c2cccc(C(F)(F)F)c2N(c2ccc(F)nc2)N1C. The second kappa shape index (κ2) is 6.76. The van der Waals surface area contributed by atoms with E-state index in [0.29, 0.717) is 11.3 Å². The van der Waals surface area contributed by atoms with Crippen molar-refractivity contribution in [3.63, 3.8) is 0 Å². The molecule has 2 heterocycles. The summed E-state index contributed by atoms with van der Waals surface area (Å²) in [5, 5.41) is 3.10. The van der Waals surface area contributed by atoms with Gasteiger partial charge >= 0.3 is 6.18 Å². The maximum Gasteiger partial charge on any atom is 0.418 e. The molecule has 3 rings (SSSR count). The number of anilines is 2. The van der Waals surface area contributed by atoms with E-state index in [-0.39, 0.29) is 11.7 Å². The van der Waals surface area contributed by atoms with Crippen LogP contribution >= 0.6 is 0 Å². The average Bonchev–Trinajstić information content (AvgIpc) is 2.81. The molecule has 1 aliphatic heterocycles. The van der Waals surface area contributed by atoms with Crippen molar-refractivity contribution in [3.8, 4) is 0 Å². The Morgan fingerprint density at radius 3 is 2.29 bits per heavy atom. The molecule has 0 saturated heterocycles. The molecule has 0 N–H and O–H groups in total. The molecule has 1 aromatic heterocycles. The summed E-state index contributed by atoms with van der Waals surface area (Å²) in [7, 11) is 1.69. The third-order valence-corrected chi connectivity index (χ3v) is 3.87. The summed E-state index contributed by atoms with van der Waals surface area (Å²) >= 11 is 0. The molecule has 0 amide bonds. The van der Waals surface area contributed by atoms with E-state index in [0.717, 1.165) is 12.1 Å². The summed E-state index contributed by atoms with van der Waals surface area (Å²) in [6.45, 7) is 5.82. The lowest BCUT2D eigenvalue weighted by Crippen LogP contribution is -2.32. The number of hydrogen-bond donors (Lipinski definition) is 0. The third-order valence-electron chi connectivity index (χ3n) is 3.87. The van der Waals surface area contributed by atoms with Crippen LogP contribution in [0, 0.1) is 5.95 Å². The van der Waals surface area contributed by atoms with Gasteiger partial charge in [-0.1, -0.05) is 26.0 Å². The molecular weight excluding hydrogens is 322 g/mol. The molecule has 1 aromatic carbocycles. The lowest BCUT2D eigenvalue weighted by Gasteiger charge is -2.30. The Hall–Kier alpha value is -2.15. The van der Waals surface area contributed by atoms with Crippen molar-refractivity contribution < 1.29 is 17.6 Å². The van der Waals surface area contributed by atoms with Crippen LogP contribution in [0.15, 0.2) is 36.5 Å². The highest BCUT2D eigenvalue weighted by Crippen LogP contribution is 2.49. The zero-order valence-corrected chi connectivity index (χ0v) is 13.9. The van der Waals surface area contributed by atoms with Crippen molar-refractivity contribution in [2.45, 2.75) is 33.0 Å². The number of alkyl halides is 3. The van der Waals surface area contributed by atoms with Gasteiger partial charge in [0.25, 0.3) is 0 Å². The number of hydrogen-bond acceptors (Lipinski definition) is 3. The summed E-state index contributed by atoms with van der Waals surface area (Å²) in [6, 6.07) is 6.42. The van der Waals surface area contributed by atoms with Crippen molar-refractivity contribution in [2.24, 2.45) is 0 Å². The molecule has 1 atom stereocenters. The predicted octanol–water partition coefficient (Wildman–Crippen LogP) is 5.33. The molecule has 1 unspecified atom stereocenters. The molecule has 0 fully saturated rings. The Bertz CT molecular complexity index is 698. The van der Waals surface area contributed by atoms with Crippen LogP contribution in [-0.2, 0) is 6.18 Å². The lowest BCUT2D eigenvalue weighted by molar-refractivity contribution is -0.137. The first kappa shape index (κ1) is 18.2. The molecule has 0 spiro atoms. The van der Waals surface area contributed by atoms with Gasteiger partial charge in [0.05, 0.1) is 29.2 Å². The van der Waals surface area contributed by atoms with Crippen molar-refractivity contribution in [1.29, 1.82) is 0 Å². The van der Waals surface area contributed by atoms with Crippen LogP contribution in [0.4, 0.5) is 28.9 Å². The quantitative estimate of drug-likeness (QED) is 0.516. The normalized spacial score (nSPS) is 17.3. The number of benzene rings is 1. The Morgan fingerprint density at radius 1 is 1.08 bits per heavy atom. The smallest absolute Gasteiger partial charge is 0.272 e. The lowest BCUT2D eigenvalue weighted by atomic mass is 10.0. The van der Waals surface area contributed by atoms with Gasteiger partial charge in [0.15, 0.2) is 0 Å². The van der Waals surface area contributed by atoms with Crippen LogP contribution in [0.1, 0.15) is 37.9 Å². The number of nitrogens with zero attached hydrogens (tertiary/aromatic N) is 3.